The van der Waals surface area contributed by atoms with Crippen molar-refractivity contribution in [1.82, 2.24) is 15.1 Å². The lowest BCUT2D eigenvalue weighted by Gasteiger charge is -2.14. The van der Waals surface area contributed by atoms with Gasteiger partial charge in [-0.05, 0) is 19.8 Å². The molecule has 0 radical (unpaired) electrons. The summed E-state index contributed by atoms with van der Waals surface area (Å²) in [6, 6.07) is 7.90. The van der Waals surface area contributed by atoms with Crippen LogP contribution >= 0.6 is 11.3 Å². The zero-order chi connectivity index (χ0) is 19.7. The van der Waals surface area contributed by atoms with Crippen molar-refractivity contribution in [1.29, 1.82) is 0 Å². The Bertz CT molecular complexity index is 925. The second-order valence-electron chi connectivity index (χ2n) is 7.06. The molecule has 7 nitrogen and oxygen atoms in total. The van der Waals surface area contributed by atoms with Gasteiger partial charge in [0.1, 0.15) is 5.01 Å². The molecule has 0 saturated carbocycles. The van der Waals surface area contributed by atoms with E-state index in [2.05, 4.69) is 15.5 Å². The molecule has 1 aliphatic heterocycles. The summed E-state index contributed by atoms with van der Waals surface area (Å²) in [4.78, 5) is 38.3. The Labute approximate surface area is 166 Å². The minimum Gasteiger partial charge on any atom is -0.300 e. The van der Waals surface area contributed by atoms with E-state index in [0.29, 0.717) is 18.0 Å². The number of allylic oxidation sites excluding steroid dienone is 2. The van der Waals surface area contributed by atoms with Crippen molar-refractivity contribution in [2.24, 2.45) is 11.8 Å². The molecule has 4 rings (SSSR count). The van der Waals surface area contributed by atoms with Crippen molar-refractivity contribution in [3.05, 3.63) is 42.0 Å². The van der Waals surface area contributed by atoms with Gasteiger partial charge in [0, 0.05) is 18.5 Å². The molecule has 1 N–H and O–H groups in total. The molecule has 144 valence electrons. The van der Waals surface area contributed by atoms with Crippen LogP contribution in [0.5, 0.6) is 0 Å². The third-order valence-corrected chi connectivity index (χ3v) is 6.02. The van der Waals surface area contributed by atoms with Crippen LogP contribution in [0.3, 0.4) is 0 Å². The highest BCUT2D eigenvalue weighted by Gasteiger charge is 2.46. The van der Waals surface area contributed by atoms with Gasteiger partial charge in [0.2, 0.25) is 22.9 Å². The number of rotatable bonds is 5. The second kappa shape index (κ2) is 7.63. The number of imide groups is 1. The number of aryl methyl sites for hydroxylation is 1. The van der Waals surface area contributed by atoms with Crippen molar-refractivity contribution in [2.75, 3.05) is 11.9 Å². The summed E-state index contributed by atoms with van der Waals surface area (Å²) in [6.45, 7) is 2.11. The number of hydrogen-bond acceptors (Lipinski definition) is 6. The summed E-state index contributed by atoms with van der Waals surface area (Å²) in [5.41, 5.74) is 2.09. The van der Waals surface area contributed by atoms with E-state index in [0.717, 1.165) is 16.1 Å². The van der Waals surface area contributed by atoms with Crippen molar-refractivity contribution in [2.45, 2.75) is 26.2 Å². The maximum absolute atomic E-state index is 12.4. The Hall–Kier alpha value is -2.87. The fourth-order valence-electron chi connectivity index (χ4n) is 3.57. The molecular formula is C20H20N4O3S. The van der Waals surface area contributed by atoms with Crippen LogP contribution in [0.4, 0.5) is 5.13 Å². The molecule has 2 heterocycles. The van der Waals surface area contributed by atoms with Crippen LogP contribution in [0.25, 0.3) is 10.6 Å². The lowest BCUT2D eigenvalue weighted by atomic mass is 9.85. The predicted molar refractivity (Wildman–Crippen MR) is 105 cm³/mol. The molecule has 1 aromatic carbocycles. The van der Waals surface area contributed by atoms with E-state index < -0.39 is 0 Å². The maximum atomic E-state index is 12.4. The van der Waals surface area contributed by atoms with E-state index >= 15 is 0 Å². The van der Waals surface area contributed by atoms with Crippen LogP contribution < -0.4 is 5.32 Å². The Morgan fingerprint density at radius 3 is 2.39 bits per heavy atom. The van der Waals surface area contributed by atoms with Gasteiger partial charge in [0.05, 0.1) is 11.8 Å². The van der Waals surface area contributed by atoms with Crippen LogP contribution in [0.2, 0.25) is 0 Å². The predicted octanol–water partition coefficient (Wildman–Crippen LogP) is 2.79. The van der Waals surface area contributed by atoms with E-state index in [1.165, 1.54) is 16.2 Å². The Kier molecular flexibility index (Phi) is 5.04. The van der Waals surface area contributed by atoms with Gasteiger partial charge in [-0.15, -0.1) is 10.2 Å². The van der Waals surface area contributed by atoms with Gasteiger partial charge in [-0.1, -0.05) is 53.3 Å². The molecule has 1 aromatic heterocycles. The molecule has 3 amide bonds. The molecule has 2 atom stereocenters. The number of anilines is 1. The largest absolute Gasteiger partial charge is 0.300 e. The Morgan fingerprint density at radius 1 is 1.11 bits per heavy atom. The summed E-state index contributed by atoms with van der Waals surface area (Å²) in [5.74, 6) is -1.14. The van der Waals surface area contributed by atoms with Crippen molar-refractivity contribution >= 4 is 34.2 Å². The molecule has 8 heteroatoms. The second-order valence-corrected chi connectivity index (χ2v) is 8.04. The molecule has 2 aliphatic rings. The van der Waals surface area contributed by atoms with Gasteiger partial charge in [0.25, 0.3) is 0 Å². The quantitative estimate of drug-likeness (QED) is 0.620. The molecular weight excluding hydrogens is 376 g/mol. The standard InChI is InChI=1S/C20H20N4O3S/c1-12-6-8-13(9-7-12)17-22-23-20(28-17)21-16(25)10-11-24-18(26)14-4-2-3-5-15(14)19(24)27/h2-3,6-9,14-15H,4-5,10-11H2,1H3,(H,21,23,25)/t14-,15+. The highest BCUT2D eigenvalue weighted by molar-refractivity contribution is 7.18. The first-order valence-electron chi connectivity index (χ1n) is 9.23. The van der Waals surface area contributed by atoms with E-state index in [9.17, 15) is 14.4 Å². The summed E-state index contributed by atoms with van der Waals surface area (Å²) in [6.07, 6.45) is 5.14. The summed E-state index contributed by atoms with van der Waals surface area (Å²) >= 11 is 1.29. The first-order chi connectivity index (χ1) is 13.5. The summed E-state index contributed by atoms with van der Waals surface area (Å²) in [7, 11) is 0. The van der Waals surface area contributed by atoms with Crippen LogP contribution in [-0.4, -0.2) is 39.4 Å². The smallest absolute Gasteiger partial charge is 0.233 e. The zero-order valence-corrected chi connectivity index (χ0v) is 16.2. The van der Waals surface area contributed by atoms with Crippen molar-refractivity contribution < 1.29 is 14.4 Å². The number of hydrogen-bond donors (Lipinski definition) is 1. The minimum atomic E-state index is -0.291. The van der Waals surface area contributed by atoms with Gasteiger partial charge in [-0.3, -0.25) is 19.3 Å². The Morgan fingerprint density at radius 2 is 1.75 bits per heavy atom. The van der Waals surface area contributed by atoms with Gasteiger partial charge in [-0.25, -0.2) is 0 Å². The van der Waals surface area contributed by atoms with Gasteiger partial charge in [0.15, 0.2) is 0 Å². The van der Waals surface area contributed by atoms with E-state index in [4.69, 9.17) is 0 Å². The van der Waals surface area contributed by atoms with Crippen LogP contribution in [0, 0.1) is 18.8 Å². The third-order valence-electron chi connectivity index (χ3n) is 5.13. The number of nitrogens with one attached hydrogen (secondary N) is 1. The first kappa shape index (κ1) is 18.5. The van der Waals surface area contributed by atoms with E-state index in [1.807, 2.05) is 43.3 Å². The fraction of sp³-hybridized carbons (Fsp3) is 0.350. The SMILES string of the molecule is Cc1ccc(-c2nnc(NC(=O)CCN3C(=O)[C@H]4CC=CC[C@H]4C3=O)s2)cc1. The van der Waals surface area contributed by atoms with Gasteiger partial charge >= 0.3 is 0 Å². The number of benzene rings is 1. The van der Waals surface area contributed by atoms with Crippen LogP contribution in [0.1, 0.15) is 24.8 Å². The minimum absolute atomic E-state index is 0.0454. The average Bonchev–Trinajstić information content (AvgIpc) is 3.25. The molecule has 1 aliphatic carbocycles. The van der Waals surface area contributed by atoms with E-state index in [1.54, 1.807) is 0 Å². The molecule has 28 heavy (non-hydrogen) atoms. The maximum Gasteiger partial charge on any atom is 0.233 e. The van der Waals surface area contributed by atoms with Gasteiger partial charge < -0.3 is 5.32 Å². The highest BCUT2D eigenvalue weighted by Crippen LogP contribution is 2.35. The monoisotopic (exact) mass is 396 g/mol. The molecule has 2 aromatic rings. The number of carbonyl (C=O) groups is 3. The number of carbonyl (C=O) groups excluding carboxylic acids is 3. The van der Waals surface area contributed by atoms with E-state index in [-0.39, 0.29) is 42.5 Å². The third kappa shape index (κ3) is 3.60. The molecule has 1 fully saturated rings. The lowest BCUT2D eigenvalue weighted by Crippen LogP contribution is -2.34. The molecule has 0 spiro atoms. The van der Waals surface area contributed by atoms with Crippen molar-refractivity contribution in [3.63, 3.8) is 0 Å². The number of amides is 3. The number of fused-ring (bicyclic) bond motifs is 1. The molecule has 0 unspecified atom stereocenters. The number of likely N-dealkylation sites (tertiary alicyclic amines) is 1. The Balaban J connectivity index is 1.33. The topological polar surface area (TPSA) is 92.3 Å². The zero-order valence-electron chi connectivity index (χ0n) is 15.4. The first-order valence-corrected chi connectivity index (χ1v) is 10.0. The number of nitrogens with zero attached hydrogens (tertiary/aromatic N) is 3. The molecule has 1 saturated heterocycles. The highest BCUT2D eigenvalue weighted by atomic mass is 32.1. The lowest BCUT2D eigenvalue weighted by molar-refractivity contribution is -0.140. The van der Waals surface area contributed by atoms with Crippen LogP contribution in [0.15, 0.2) is 36.4 Å². The average molecular weight is 396 g/mol. The molecule has 0 bridgehead atoms. The normalized spacial score (nSPS) is 21.1. The summed E-state index contributed by atoms with van der Waals surface area (Å²) < 4.78 is 0. The van der Waals surface area contributed by atoms with Crippen LogP contribution in [-0.2, 0) is 14.4 Å². The summed E-state index contributed by atoms with van der Waals surface area (Å²) in [5, 5.41) is 11.9. The number of aromatic nitrogens is 2. The fourth-order valence-corrected chi connectivity index (χ4v) is 4.34. The van der Waals surface area contributed by atoms with Crippen molar-refractivity contribution in [3.8, 4) is 10.6 Å². The van der Waals surface area contributed by atoms with Gasteiger partial charge in [-0.2, -0.15) is 0 Å².